The first kappa shape index (κ1) is 46.8. The van der Waals surface area contributed by atoms with Crippen molar-refractivity contribution in [1.29, 1.82) is 0 Å². The third-order valence-electron chi connectivity index (χ3n) is 8.44. The summed E-state index contributed by atoms with van der Waals surface area (Å²) in [6, 6.07) is 0. The summed E-state index contributed by atoms with van der Waals surface area (Å²) in [5.74, 6) is -0.367. The molecule has 0 rings (SSSR count). The number of carbonyl (C=O) groups is 1. The predicted molar refractivity (Wildman–Crippen MR) is 201 cm³/mol. The first-order valence-electron chi connectivity index (χ1n) is 19.9. The summed E-state index contributed by atoms with van der Waals surface area (Å²) in [7, 11) is -4.29. The zero-order chi connectivity index (χ0) is 35.2. The second-order valence-electron chi connectivity index (χ2n) is 13.2. The van der Waals surface area contributed by atoms with E-state index in [1.54, 1.807) is 6.26 Å². The molecule has 284 valence electrons. The Balaban J connectivity index is 4.14. The van der Waals surface area contributed by atoms with Crippen molar-refractivity contribution in [3.63, 3.8) is 0 Å². The van der Waals surface area contributed by atoms with Gasteiger partial charge in [-0.3, -0.25) is 13.8 Å². The van der Waals surface area contributed by atoms with Gasteiger partial charge in [-0.2, -0.15) is 0 Å². The minimum absolute atomic E-state index is 0.0290. The summed E-state index contributed by atoms with van der Waals surface area (Å²) in [6.07, 6.45) is 40.0. The molecule has 2 atom stereocenters. The van der Waals surface area contributed by atoms with E-state index < -0.39 is 13.9 Å². The van der Waals surface area contributed by atoms with Gasteiger partial charge in [-0.25, -0.2) is 4.57 Å². The van der Waals surface area contributed by atoms with Gasteiger partial charge >= 0.3 is 13.8 Å². The Kier molecular flexibility index (Phi) is 36.2. The van der Waals surface area contributed by atoms with Crippen LogP contribution in [-0.4, -0.2) is 43.3 Å². The van der Waals surface area contributed by atoms with Crippen molar-refractivity contribution in [3.05, 3.63) is 24.5 Å². The molecule has 0 bridgehead atoms. The topological polar surface area (TPSA) is 117 Å². The zero-order valence-corrected chi connectivity index (χ0v) is 32.1. The second kappa shape index (κ2) is 37.1. The number of hydrogen-bond acceptors (Lipinski definition) is 7. The maximum atomic E-state index is 12.5. The molecule has 1 unspecified atom stereocenters. The number of phosphoric acid groups is 1. The Bertz CT molecular complexity index is 792. The highest BCUT2D eigenvalue weighted by molar-refractivity contribution is 7.47. The molecule has 0 aromatic heterocycles. The summed E-state index contributed by atoms with van der Waals surface area (Å²) in [5, 5.41) is 0. The summed E-state index contributed by atoms with van der Waals surface area (Å²) >= 11 is 0. The lowest BCUT2D eigenvalue weighted by atomic mass is 10.0. The summed E-state index contributed by atoms with van der Waals surface area (Å²) in [6.45, 7) is 4.23. The molecule has 0 aromatic rings. The van der Waals surface area contributed by atoms with Crippen molar-refractivity contribution in [3.8, 4) is 0 Å². The van der Waals surface area contributed by atoms with Crippen LogP contribution in [0.25, 0.3) is 0 Å². The van der Waals surface area contributed by atoms with Crippen LogP contribution in [0.5, 0.6) is 0 Å². The van der Waals surface area contributed by atoms with Crippen LogP contribution in [0.4, 0.5) is 0 Å². The van der Waals surface area contributed by atoms with Crippen LogP contribution in [0.3, 0.4) is 0 Å². The van der Waals surface area contributed by atoms with Gasteiger partial charge in [-0.15, -0.1) is 0 Å². The van der Waals surface area contributed by atoms with Gasteiger partial charge in [-0.05, 0) is 51.0 Å². The summed E-state index contributed by atoms with van der Waals surface area (Å²) in [4.78, 5) is 22.4. The Morgan fingerprint density at radius 1 is 0.625 bits per heavy atom. The highest BCUT2D eigenvalue weighted by Crippen LogP contribution is 2.43. The van der Waals surface area contributed by atoms with E-state index in [4.69, 9.17) is 24.3 Å². The fourth-order valence-electron chi connectivity index (χ4n) is 5.49. The molecule has 48 heavy (non-hydrogen) atoms. The van der Waals surface area contributed by atoms with E-state index in [1.807, 2.05) is 6.08 Å². The van der Waals surface area contributed by atoms with Gasteiger partial charge in [0.15, 0.2) is 6.10 Å². The number of allylic oxidation sites excluding steroid dienone is 3. The fraction of sp³-hybridized carbons (Fsp3) is 0.872. The third-order valence-corrected chi connectivity index (χ3v) is 9.42. The molecule has 9 heteroatoms. The molecule has 0 aliphatic heterocycles. The van der Waals surface area contributed by atoms with Crippen LogP contribution < -0.4 is 5.73 Å². The first-order chi connectivity index (χ1) is 23.4. The molecule has 3 N–H and O–H groups in total. The molecular weight excluding hydrogens is 625 g/mol. The number of nitrogens with two attached hydrogens (primary N) is 1. The molecule has 0 aliphatic carbocycles. The van der Waals surface area contributed by atoms with Crippen LogP contribution in [0, 0.1) is 0 Å². The highest BCUT2D eigenvalue weighted by Gasteiger charge is 2.25. The van der Waals surface area contributed by atoms with Crippen molar-refractivity contribution in [2.75, 3.05) is 26.4 Å². The minimum Gasteiger partial charge on any atom is -0.498 e. The van der Waals surface area contributed by atoms with Crippen LogP contribution in [0.15, 0.2) is 24.5 Å². The largest absolute Gasteiger partial charge is 0.498 e. The van der Waals surface area contributed by atoms with Crippen molar-refractivity contribution in [1.82, 2.24) is 0 Å². The normalized spacial score (nSPS) is 13.8. The molecule has 0 saturated heterocycles. The number of esters is 1. The first-order valence-corrected chi connectivity index (χ1v) is 21.4. The predicted octanol–water partition coefficient (Wildman–Crippen LogP) is 11.6. The lowest BCUT2D eigenvalue weighted by Crippen LogP contribution is -2.27. The number of hydrogen-bond donors (Lipinski definition) is 2. The Morgan fingerprint density at radius 3 is 1.54 bits per heavy atom. The van der Waals surface area contributed by atoms with Crippen LogP contribution >= 0.6 is 7.82 Å². The summed E-state index contributed by atoms with van der Waals surface area (Å²) in [5.41, 5.74) is 5.35. The van der Waals surface area contributed by atoms with Crippen molar-refractivity contribution >= 4 is 13.8 Å². The van der Waals surface area contributed by atoms with Gasteiger partial charge in [0.1, 0.15) is 6.61 Å². The number of rotatable bonds is 38. The van der Waals surface area contributed by atoms with Crippen LogP contribution in [-0.2, 0) is 27.9 Å². The molecule has 0 heterocycles. The molecule has 0 radical (unpaired) electrons. The molecule has 0 aliphatic rings. The standard InChI is InChI=1S/C39H76NO7P/c1-3-5-7-9-11-13-15-17-19-20-22-24-26-28-30-32-39(41)47-38(37-46-48(42,43)45-35-33-40)36-44-34-31-29-27-25-23-21-18-16-14-12-10-8-6-4-2/h20,22,31,34,38H,3-19,21,23-30,32-33,35-37,40H2,1-2H3,(H,42,43)/b22-20+,34-31+/t38-/m1/s1. The van der Waals surface area contributed by atoms with E-state index in [1.165, 1.54) is 122 Å². The number of unbranched alkanes of at least 4 members (excludes halogenated alkanes) is 23. The van der Waals surface area contributed by atoms with Crippen molar-refractivity contribution in [2.24, 2.45) is 5.73 Å². The van der Waals surface area contributed by atoms with Gasteiger partial charge in [0.05, 0.1) is 19.5 Å². The number of ether oxygens (including phenoxy) is 2. The number of phosphoric ester groups is 1. The maximum Gasteiger partial charge on any atom is 0.472 e. The average Bonchev–Trinajstić information content (AvgIpc) is 3.07. The average molecular weight is 702 g/mol. The quantitative estimate of drug-likeness (QED) is 0.0215. The second-order valence-corrected chi connectivity index (χ2v) is 14.7. The smallest absolute Gasteiger partial charge is 0.472 e. The van der Waals surface area contributed by atoms with E-state index in [-0.39, 0.29) is 38.8 Å². The molecule has 8 nitrogen and oxygen atoms in total. The summed E-state index contributed by atoms with van der Waals surface area (Å²) < 4.78 is 33.1. The van der Waals surface area contributed by atoms with Gasteiger partial charge < -0.3 is 20.1 Å². The van der Waals surface area contributed by atoms with E-state index in [0.717, 1.165) is 44.9 Å². The Labute approximate surface area is 296 Å². The lowest BCUT2D eigenvalue weighted by molar-refractivity contribution is -0.153. The molecule has 0 saturated carbocycles. The Morgan fingerprint density at radius 2 is 1.06 bits per heavy atom. The number of carbonyl (C=O) groups excluding carboxylic acids is 1. The molecule has 0 aromatic carbocycles. The van der Waals surface area contributed by atoms with E-state index in [9.17, 15) is 14.3 Å². The van der Waals surface area contributed by atoms with Gasteiger partial charge in [0, 0.05) is 13.0 Å². The molecule has 0 fully saturated rings. The minimum atomic E-state index is -4.29. The lowest BCUT2D eigenvalue weighted by Gasteiger charge is -2.19. The zero-order valence-electron chi connectivity index (χ0n) is 31.2. The molecule has 0 spiro atoms. The van der Waals surface area contributed by atoms with Crippen LogP contribution in [0.1, 0.15) is 187 Å². The van der Waals surface area contributed by atoms with Crippen molar-refractivity contribution < 1.29 is 32.8 Å². The maximum absolute atomic E-state index is 12.5. The van der Waals surface area contributed by atoms with E-state index in [0.29, 0.717) is 0 Å². The highest BCUT2D eigenvalue weighted by atomic mass is 31.2. The monoisotopic (exact) mass is 702 g/mol. The fourth-order valence-corrected chi connectivity index (χ4v) is 6.25. The van der Waals surface area contributed by atoms with Gasteiger partial charge in [0.25, 0.3) is 0 Å². The van der Waals surface area contributed by atoms with E-state index >= 15 is 0 Å². The molecule has 0 amide bonds. The van der Waals surface area contributed by atoms with Crippen molar-refractivity contribution in [2.45, 2.75) is 193 Å². The van der Waals surface area contributed by atoms with E-state index in [2.05, 4.69) is 26.0 Å². The van der Waals surface area contributed by atoms with Gasteiger partial charge in [0.2, 0.25) is 0 Å². The third kappa shape index (κ3) is 36.1. The molecular formula is C39H76NO7P. The van der Waals surface area contributed by atoms with Gasteiger partial charge in [-0.1, -0.05) is 148 Å². The van der Waals surface area contributed by atoms with Crippen LogP contribution in [0.2, 0.25) is 0 Å². The Hall–Kier alpha value is -1.18. The SMILES string of the molecule is CCCCCCCCCC/C=C/CCCCCC(=O)O[C@H](CO/C=C/CCCCCCCCCCCCCC)COP(=O)(O)OCCN.